The molecule has 0 atom stereocenters. The Morgan fingerprint density at radius 3 is 2.55 bits per heavy atom. The summed E-state index contributed by atoms with van der Waals surface area (Å²) in [7, 11) is -3.80. The Morgan fingerprint density at radius 1 is 0.970 bits per heavy atom. The highest BCUT2D eigenvalue weighted by Gasteiger charge is 2.17. The van der Waals surface area contributed by atoms with Gasteiger partial charge in [-0.2, -0.15) is 0 Å². The Hall–Kier alpha value is -3.69. The molecular weight excluding hydrogens is 444 g/mol. The molecule has 0 amide bonds. The van der Waals surface area contributed by atoms with Gasteiger partial charge in [-0.25, -0.2) is 22.7 Å². The van der Waals surface area contributed by atoms with Crippen molar-refractivity contribution in [3.8, 4) is 0 Å². The minimum atomic E-state index is -3.80. The lowest BCUT2D eigenvalue weighted by atomic mass is 10.2. The summed E-state index contributed by atoms with van der Waals surface area (Å²) in [6, 6.07) is 21.9. The summed E-state index contributed by atoms with van der Waals surface area (Å²) >= 11 is 0. The maximum atomic E-state index is 12.6. The smallest absolute Gasteiger partial charge is 0.419 e. The number of carbonyl (C=O) groups excluding carboxylic acids is 1. The van der Waals surface area contributed by atoms with E-state index in [2.05, 4.69) is 4.72 Å². The topological polar surface area (TPSA) is 108 Å². The zero-order valence-corrected chi connectivity index (χ0v) is 18.5. The van der Waals surface area contributed by atoms with E-state index in [0.717, 1.165) is 5.56 Å². The van der Waals surface area contributed by atoms with Crippen molar-refractivity contribution < 1.29 is 22.4 Å². The molecule has 0 aliphatic rings. The number of nitrogens with one attached hydrogen (secondary N) is 1. The van der Waals surface area contributed by atoms with Crippen LogP contribution in [0.25, 0.3) is 11.1 Å². The fourth-order valence-corrected chi connectivity index (χ4v) is 4.41. The second kappa shape index (κ2) is 9.85. The largest absolute Gasteiger partial charge is 0.462 e. The minimum absolute atomic E-state index is 0.0238. The van der Waals surface area contributed by atoms with Gasteiger partial charge in [-0.1, -0.05) is 48.5 Å². The lowest BCUT2D eigenvalue weighted by Crippen LogP contribution is -2.23. The number of hydrogen-bond acceptors (Lipinski definition) is 6. The maximum Gasteiger partial charge on any atom is 0.419 e. The van der Waals surface area contributed by atoms with Gasteiger partial charge in [0.1, 0.15) is 0 Å². The number of sulfonamides is 1. The van der Waals surface area contributed by atoms with Crippen molar-refractivity contribution in [3.63, 3.8) is 0 Å². The van der Waals surface area contributed by atoms with E-state index >= 15 is 0 Å². The number of benzene rings is 3. The van der Waals surface area contributed by atoms with E-state index in [1.165, 1.54) is 28.8 Å². The second-order valence-electron chi connectivity index (χ2n) is 7.31. The molecule has 0 unspecified atom stereocenters. The minimum Gasteiger partial charge on any atom is -0.462 e. The predicted molar refractivity (Wildman–Crippen MR) is 122 cm³/mol. The van der Waals surface area contributed by atoms with Crippen molar-refractivity contribution >= 4 is 27.1 Å². The van der Waals surface area contributed by atoms with Gasteiger partial charge in [0.05, 0.1) is 22.6 Å². The number of nitrogens with zero attached hydrogens (tertiary/aromatic N) is 1. The van der Waals surface area contributed by atoms with Gasteiger partial charge in [0.15, 0.2) is 5.58 Å². The van der Waals surface area contributed by atoms with Gasteiger partial charge in [-0.05, 0) is 42.3 Å². The van der Waals surface area contributed by atoms with Crippen molar-refractivity contribution in [2.24, 2.45) is 0 Å². The van der Waals surface area contributed by atoms with Crippen LogP contribution in [-0.2, 0) is 27.8 Å². The molecule has 0 saturated heterocycles. The van der Waals surface area contributed by atoms with E-state index in [1.807, 2.05) is 36.4 Å². The Morgan fingerprint density at radius 2 is 1.73 bits per heavy atom. The van der Waals surface area contributed by atoms with Crippen LogP contribution in [0.15, 0.2) is 93.0 Å². The molecule has 0 aliphatic heterocycles. The van der Waals surface area contributed by atoms with Crippen molar-refractivity contribution in [1.29, 1.82) is 0 Å². The van der Waals surface area contributed by atoms with Crippen molar-refractivity contribution in [3.05, 3.63) is 101 Å². The standard InChI is InChI=1S/C24H22N2O6S/c27-23(31-15-7-14-26-21-12-4-5-13-22(21)32-24(26)28)19-10-6-11-20(16-19)33(29,30)25-17-18-8-2-1-3-9-18/h1-6,8-13,16,25H,7,14-15,17H2. The van der Waals surface area contributed by atoms with Crippen molar-refractivity contribution in [1.82, 2.24) is 9.29 Å². The van der Waals surface area contributed by atoms with Crippen LogP contribution in [-0.4, -0.2) is 25.6 Å². The molecule has 9 heteroatoms. The van der Waals surface area contributed by atoms with E-state index in [4.69, 9.17) is 9.15 Å². The Bertz CT molecular complexity index is 1420. The van der Waals surface area contributed by atoms with Crippen LogP contribution in [0.1, 0.15) is 22.3 Å². The van der Waals surface area contributed by atoms with Gasteiger partial charge in [-0.15, -0.1) is 0 Å². The summed E-state index contributed by atoms with van der Waals surface area (Å²) in [6.07, 6.45) is 0.395. The third kappa shape index (κ3) is 5.39. The molecular formula is C24H22N2O6S. The summed E-state index contributed by atoms with van der Waals surface area (Å²) in [5.74, 6) is -1.11. The van der Waals surface area contributed by atoms with Crippen LogP contribution in [0.3, 0.4) is 0 Å². The molecule has 3 aromatic carbocycles. The van der Waals surface area contributed by atoms with Crippen LogP contribution in [0.5, 0.6) is 0 Å². The molecule has 0 spiro atoms. The third-order valence-corrected chi connectivity index (χ3v) is 6.42. The zero-order valence-electron chi connectivity index (χ0n) is 17.6. The second-order valence-corrected chi connectivity index (χ2v) is 9.08. The van der Waals surface area contributed by atoms with Crippen LogP contribution >= 0.6 is 0 Å². The summed E-state index contributed by atoms with van der Waals surface area (Å²) in [5, 5.41) is 0. The number of carbonyl (C=O) groups is 1. The van der Waals surface area contributed by atoms with Gasteiger partial charge >= 0.3 is 11.7 Å². The van der Waals surface area contributed by atoms with Crippen LogP contribution in [0, 0.1) is 0 Å². The molecule has 1 heterocycles. The van der Waals surface area contributed by atoms with Gasteiger partial charge in [0.25, 0.3) is 0 Å². The SMILES string of the molecule is O=C(OCCCn1c(=O)oc2ccccc21)c1cccc(S(=O)(=O)NCc2ccccc2)c1. The molecule has 4 aromatic rings. The molecule has 4 rings (SSSR count). The Balaban J connectivity index is 1.34. The number of hydrogen-bond donors (Lipinski definition) is 1. The highest BCUT2D eigenvalue weighted by atomic mass is 32.2. The lowest BCUT2D eigenvalue weighted by Gasteiger charge is -2.09. The molecule has 0 fully saturated rings. The van der Waals surface area contributed by atoms with E-state index in [0.29, 0.717) is 24.1 Å². The third-order valence-electron chi connectivity index (χ3n) is 5.02. The van der Waals surface area contributed by atoms with Gasteiger partial charge in [0, 0.05) is 13.1 Å². The number of rotatable bonds is 9. The number of fused-ring (bicyclic) bond motifs is 1. The number of oxazole rings is 1. The van der Waals surface area contributed by atoms with Gasteiger partial charge in [0.2, 0.25) is 10.0 Å². The van der Waals surface area contributed by atoms with E-state index in [1.54, 1.807) is 18.2 Å². The first-order valence-corrected chi connectivity index (χ1v) is 11.8. The molecule has 0 radical (unpaired) electrons. The fraction of sp³-hybridized carbons (Fsp3) is 0.167. The highest BCUT2D eigenvalue weighted by molar-refractivity contribution is 7.89. The van der Waals surface area contributed by atoms with Gasteiger partial charge in [-0.3, -0.25) is 4.57 Å². The maximum absolute atomic E-state index is 12.6. The van der Waals surface area contributed by atoms with Crippen LogP contribution < -0.4 is 10.5 Å². The van der Waals surface area contributed by atoms with Crippen molar-refractivity contribution in [2.75, 3.05) is 6.61 Å². The number of aromatic nitrogens is 1. The average molecular weight is 467 g/mol. The molecule has 170 valence electrons. The zero-order chi connectivity index (χ0) is 23.3. The monoisotopic (exact) mass is 466 g/mol. The van der Waals surface area contributed by atoms with Crippen LogP contribution in [0.4, 0.5) is 0 Å². The summed E-state index contributed by atoms with van der Waals surface area (Å²) in [5.41, 5.74) is 2.12. The first-order chi connectivity index (χ1) is 15.9. The molecule has 0 bridgehead atoms. The number of para-hydroxylation sites is 2. The number of esters is 1. The molecule has 1 N–H and O–H groups in total. The first-order valence-electron chi connectivity index (χ1n) is 10.3. The molecule has 0 aliphatic carbocycles. The normalized spacial score (nSPS) is 11.5. The summed E-state index contributed by atoms with van der Waals surface area (Å²) in [4.78, 5) is 24.4. The van der Waals surface area contributed by atoms with E-state index < -0.39 is 21.7 Å². The fourth-order valence-electron chi connectivity index (χ4n) is 3.34. The average Bonchev–Trinajstić information content (AvgIpc) is 3.16. The lowest BCUT2D eigenvalue weighted by molar-refractivity contribution is 0.0495. The Labute approximate surface area is 190 Å². The van der Waals surface area contributed by atoms with E-state index in [-0.39, 0.29) is 23.6 Å². The first kappa shape index (κ1) is 22.5. The molecule has 1 aromatic heterocycles. The summed E-state index contributed by atoms with van der Waals surface area (Å²) < 4.78 is 39.7. The van der Waals surface area contributed by atoms with Crippen molar-refractivity contribution in [2.45, 2.75) is 24.4 Å². The molecule has 33 heavy (non-hydrogen) atoms. The molecule has 0 saturated carbocycles. The number of ether oxygens (including phenoxy) is 1. The van der Waals surface area contributed by atoms with Crippen LogP contribution in [0.2, 0.25) is 0 Å². The van der Waals surface area contributed by atoms with E-state index in [9.17, 15) is 18.0 Å². The predicted octanol–water partition coefficient (Wildman–Crippen LogP) is 3.32. The highest BCUT2D eigenvalue weighted by Crippen LogP contribution is 2.14. The van der Waals surface area contributed by atoms with Gasteiger partial charge < -0.3 is 9.15 Å². The molecule has 8 nitrogen and oxygen atoms in total. The summed E-state index contributed by atoms with van der Waals surface area (Å²) in [6.45, 7) is 0.523. The quantitative estimate of drug-likeness (QED) is 0.300. The number of aryl methyl sites for hydroxylation is 1. The Kier molecular flexibility index (Phi) is 6.71.